The monoisotopic (exact) mass is 413 g/mol. The van der Waals surface area contributed by atoms with Crippen molar-refractivity contribution in [2.45, 2.75) is 96.8 Å². The lowest BCUT2D eigenvalue weighted by Gasteiger charge is -2.63. The Balaban J connectivity index is 1.70. The Kier molecular flexibility index (Phi) is 4.15. The summed E-state index contributed by atoms with van der Waals surface area (Å²) < 4.78 is 42.2. The minimum absolute atomic E-state index is 0.0418. The number of carbonyl (C=O) groups is 1. The van der Waals surface area contributed by atoms with Crippen molar-refractivity contribution in [3.05, 3.63) is 0 Å². The van der Waals surface area contributed by atoms with Crippen LogP contribution in [0.5, 0.6) is 0 Å². The Morgan fingerprint density at radius 2 is 1.93 bits per heavy atom. The van der Waals surface area contributed by atoms with Crippen LogP contribution < -0.4 is 0 Å². The molecule has 0 aromatic carbocycles. The minimum Gasteiger partial charge on any atom is -0.481 e. The lowest BCUT2D eigenvalue weighted by atomic mass is 9.43. The van der Waals surface area contributed by atoms with Gasteiger partial charge in [0, 0.05) is 11.9 Å². The van der Waals surface area contributed by atoms with Gasteiger partial charge in [0.25, 0.3) is 0 Å². The van der Waals surface area contributed by atoms with Gasteiger partial charge in [-0.2, -0.15) is 0 Å². The van der Waals surface area contributed by atoms with Crippen molar-refractivity contribution in [2.75, 3.05) is 0 Å². The van der Waals surface area contributed by atoms with Gasteiger partial charge in [-0.1, -0.05) is 20.8 Å². The molecule has 166 valence electrons. The van der Waals surface area contributed by atoms with E-state index in [2.05, 4.69) is 6.92 Å². The van der Waals surface area contributed by atoms with Crippen LogP contribution in [0, 0.1) is 46.3 Å². The van der Waals surface area contributed by atoms with E-state index in [0.717, 1.165) is 12.8 Å². The van der Waals surface area contributed by atoms with E-state index in [-0.39, 0.29) is 48.9 Å². The molecule has 0 heterocycles. The van der Waals surface area contributed by atoms with Crippen molar-refractivity contribution < 1.29 is 32.1 Å². The molecule has 0 spiro atoms. The Morgan fingerprint density at radius 3 is 2.62 bits per heavy atom. The maximum Gasteiger partial charge on any atom is 0.303 e. The normalized spacial score (nSPS) is 61.4. The third-order valence-electron chi connectivity index (χ3n) is 9.52. The van der Waals surface area contributed by atoms with Gasteiger partial charge in [0.15, 0.2) is 0 Å². The van der Waals surface area contributed by atoms with E-state index in [1.807, 2.05) is 13.8 Å². The van der Waals surface area contributed by atoms with Crippen LogP contribution in [0.25, 0.3) is 0 Å². The second-order valence-electron chi connectivity index (χ2n) is 10.7. The molecule has 0 aromatic rings. The zero-order valence-electron chi connectivity index (χ0n) is 22.8. The van der Waals surface area contributed by atoms with E-state index in [1.54, 1.807) is 0 Å². The van der Waals surface area contributed by atoms with Crippen LogP contribution in [-0.2, 0) is 4.79 Å². The summed E-state index contributed by atoms with van der Waals surface area (Å²) in [5.41, 5.74) is -1.44. The lowest BCUT2D eigenvalue weighted by molar-refractivity contribution is -0.207. The molecule has 3 unspecified atom stereocenters. The molecule has 4 fully saturated rings. The van der Waals surface area contributed by atoms with E-state index in [1.165, 1.54) is 0 Å². The Bertz CT molecular complexity index is 837. The predicted molar refractivity (Wildman–Crippen MR) is 110 cm³/mol. The van der Waals surface area contributed by atoms with Crippen molar-refractivity contribution in [3.63, 3.8) is 0 Å². The van der Waals surface area contributed by atoms with E-state index >= 15 is 0 Å². The number of carboxylic acids is 1. The van der Waals surface area contributed by atoms with Crippen LogP contribution in [0.4, 0.5) is 0 Å². The summed E-state index contributed by atoms with van der Waals surface area (Å²) in [4.78, 5) is 11.1. The first-order valence-electron chi connectivity index (χ1n) is 13.7. The molecule has 0 saturated heterocycles. The molecule has 4 saturated carbocycles. The van der Waals surface area contributed by atoms with E-state index in [4.69, 9.17) is 12.0 Å². The average molecular weight is 414 g/mol. The van der Waals surface area contributed by atoms with Crippen LogP contribution in [-0.4, -0.2) is 44.7 Å². The zero-order chi connectivity index (χ0) is 25.6. The Hall–Kier alpha value is -0.650. The molecule has 0 aliphatic heterocycles. The number of rotatable bonds is 4. The first-order chi connectivity index (χ1) is 15.4. The van der Waals surface area contributed by atoms with Gasteiger partial charge in [-0.05, 0) is 97.6 Å². The predicted octanol–water partition coefficient (Wildman–Crippen LogP) is 3.45. The number of carboxylic acid groups (broad SMARTS) is 1. The molecule has 0 radical (unpaired) electrons. The summed E-state index contributed by atoms with van der Waals surface area (Å²) in [5.74, 6) is -2.18. The molecule has 0 bridgehead atoms. The molecule has 4 aliphatic rings. The van der Waals surface area contributed by atoms with E-state index < -0.39 is 53.8 Å². The molecule has 0 amide bonds. The molecule has 5 heteroatoms. The number of aliphatic carboxylic acids is 1. The first-order valence-corrected chi connectivity index (χ1v) is 11.2. The van der Waals surface area contributed by atoms with Crippen molar-refractivity contribution in [3.8, 4) is 0 Å². The van der Waals surface area contributed by atoms with Gasteiger partial charge in [0.05, 0.1) is 19.7 Å². The highest BCUT2D eigenvalue weighted by molar-refractivity contribution is 5.66. The number of fused-ring (bicyclic) bond motifs is 5. The molecule has 0 aromatic heterocycles. The second kappa shape index (κ2) is 7.49. The summed E-state index contributed by atoms with van der Waals surface area (Å²) >= 11 is 0. The molecular formula is C24H40O5. The highest BCUT2D eigenvalue weighted by Gasteiger charge is 2.65. The molecule has 29 heavy (non-hydrogen) atoms. The van der Waals surface area contributed by atoms with E-state index in [0.29, 0.717) is 12.8 Å². The largest absolute Gasteiger partial charge is 0.481 e. The zero-order valence-corrected chi connectivity index (χ0v) is 17.8. The lowest BCUT2D eigenvalue weighted by Crippen LogP contribution is -2.62. The van der Waals surface area contributed by atoms with Gasteiger partial charge < -0.3 is 20.4 Å². The highest BCUT2D eigenvalue weighted by atomic mass is 16.4. The third-order valence-corrected chi connectivity index (χ3v) is 9.52. The Morgan fingerprint density at radius 1 is 1.21 bits per heavy atom. The standard InChI is InChI=1S/C24H40O5/c1-13(4-7-21(28)29)16-5-6-17-22-18(12-20(27)24(16,17)3)23(2)9-8-15(25)10-14(23)11-19(22)26/h13-20,22,25-27H,4-12H2,1-3H3,(H,28,29)/t13-,14+,15-,16-,17+,18?,19?,20+,22?,23+,24-/m1/s1/i8D2,10D2,15D. The molecule has 4 aliphatic carbocycles. The molecular weight excluding hydrogens is 368 g/mol. The van der Waals surface area contributed by atoms with Crippen LogP contribution in [0.1, 0.15) is 85.3 Å². The van der Waals surface area contributed by atoms with Gasteiger partial charge in [0.1, 0.15) is 0 Å². The maximum atomic E-state index is 11.6. The first kappa shape index (κ1) is 16.0. The maximum absolute atomic E-state index is 11.6. The molecule has 5 nitrogen and oxygen atoms in total. The fourth-order valence-electron chi connectivity index (χ4n) is 7.88. The number of aliphatic hydroxyl groups excluding tert-OH is 2. The smallest absolute Gasteiger partial charge is 0.303 e. The van der Waals surface area contributed by atoms with Gasteiger partial charge in [-0.25, -0.2) is 0 Å². The van der Waals surface area contributed by atoms with Crippen molar-refractivity contribution in [1.82, 2.24) is 0 Å². The van der Waals surface area contributed by atoms with Crippen molar-refractivity contribution in [2.24, 2.45) is 46.3 Å². The third kappa shape index (κ3) is 3.27. The second-order valence-corrected chi connectivity index (χ2v) is 10.7. The van der Waals surface area contributed by atoms with Gasteiger partial charge >= 0.3 is 5.97 Å². The van der Waals surface area contributed by atoms with E-state index in [9.17, 15) is 20.1 Å². The van der Waals surface area contributed by atoms with Gasteiger partial charge in [-0.15, -0.1) is 0 Å². The topological polar surface area (TPSA) is 98.0 Å². The Labute approximate surface area is 181 Å². The summed E-state index contributed by atoms with van der Waals surface area (Å²) in [6.07, 6.45) is -7.26. The fraction of sp³-hybridized carbons (Fsp3) is 0.958. The molecule has 4 rings (SSSR count). The van der Waals surface area contributed by atoms with Crippen LogP contribution >= 0.6 is 0 Å². The van der Waals surface area contributed by atoms with Crippen LogP contribution in [0.2, 0.25) is 0 Å². The number of aliphatic hydroxyl groups is 3. The minimum atomic E-state index is -2.93. The summed E-state index contributed by atoms with van der Waals surface area (Å²) in [5, 5.41) is 42.7. The number of hydrogen-bond acceptors (Lipinski definition) is 4. The SMILES string of the molecule is [2H]C1([2H])C[C@]2(C)C3C[C@H](O)[C@]4(C)[C@@H]([C@H](C)CCC(=O)O)CC[C@H]4C3C(O)C[C@@H]2C([2H])([2H])[C@]1([2H])O. The summed E-state index contributed by atoms with van der Waals surface area (Å²) in [6, 6.07) is 0. The number of hydrogen-bond donors (Lipinski definition) is 4. The summed E-state index contributed by atoms with van der Waals surface area (Å²) in [7, 11) is 0. The fourth-order valence-corrected chi connectivity index (χ4v) is 7.88. The van der Waals surface area contributed by atoms with Crippen molar-refractivity contribution >= 4 is 5.97 Å². The van der Waals surface area contributed by atoms with Crippen LogP contribution in [0.3, 0.4) is 0 Å². The molecule has 4 N–H and O–H groups in total. The van der Waals surface area contributed by atoms with Crippen molar-refractivity contribution in [1.29, 1.82) is 0 Å². The van der Waals surface area contributed by atoms with Crippen LogP contribution in [0.15, 0.2) is 0 Å². The highest BCUT2D eigenvalue weighted by Crippen LogP contribution is 2.68. The average Bonchev–Trinajstić information content (AvgIpc) is 3.06. The quantitative estimate of drug-likeness (QED) is 0.566. The summed E-state index contributed by atoms with van der Waals surface area (Å²) in [6.45, 7) is 5.91. The van der Waals surface area contributed by atoms with Gasteiger partial charge in [-0.3, -0.25) is 4.79 Å². The van der Waals surface area contributed by atoms with Gasteiger partial charge in [0.2, 0.25) is 0 Å². The molecule has 11 atom stereocenters.